The molecule has 1 rings (SSSR count). The lowest BCUT2D eigenvalue weighted by atomic mass is 9.80. The lowest BCUT2D eigenvalue weighted by Crippen LogP contribution is -2.70. The van der Waals surface area contributed by atoms with Crippen molar-refractivity contribution in [1.29, 1.82) is 0 Å². The van der Waals surface area contributed by atoms with E-state index in [1.54, 1.807) is 4.90 Å². The number of morpholine rings is 1. The number of hydrogen-bond acceptors (Lipinski definition) is 2. The molecule has 0 spiro atoms. The van der Waals surface area contributed by atoms with Crippen LogP contribution in [0, 0.1) is 0 Å². The van der Waals surface area contributed by atoms with Crippen LogP contribution in [0.2, 0.25) is 0 Å². The van der Waals surface area contributed by atoms with Gasteiger partial charge in [0.15, 0.2) is 0 Å². The second-order valence-corrected chi connectivity index (χ2v) is 5.55. The maximum absolute atomic E-state index is 12.0. The second kappa shape index (κ2) is 2.72. The van der Waals surface area contributed by atoms with Crippen molar-refractivity contribution >= 4 is 5.91 Å². The van der Waals surface area contributed by atoms with Crippen molar-refractivity contribution < 1.29 is 9.53 Å². The molecule has 1 fully saturated rings. The van der Waals surface area contributed by atoms with Gasteiger partial charge in [-0.05, 0) is 41.5 Å². The number of carbonyl (C=O) groups is 1. The van der Waals surface area contributed by atoms with E-state index in [2.05, 4.69) is 0 Å². The summed E-state index contributed by atoms with van der Waals surface area (Å²) in [5, 5.41) is 0. The van der Waals surface area contributed by atoms with E-state index in [1.165, 1.54) is 0 Å². The van der Waals surface area contributed by atoms with Crippen molar-refractivity contribution in [1.82, 2.24) is 4.90 Å². The van der Waals surface area contributed by atoms with Crippen molar-refractivity contribution in [2.45, 2.75) is 58.3 Å². The highest BCUT2D eigenvalue weighted by Crippen LogP contribution is 2.40. The molecular weight excluding hydrogens is 178 g/mol. The molecule has 3 heteroatoms. The molecule has 0 aromatic carbocycles. The Labute approximate surface area is 86.4 Å². The Balaban J connectivity index is 3.15. The van der Waals surface area contributed by atoms with Crippen LogP contribution in [0.4, 0.5) is 0 Å². The Morgan fingerprint density at radius 2 is 1.50 bits per heavy atom. The first kappa shape index (κ1) is 11.5. The van der Waals surface area contributed by atoms with Crippen LogP contribution in [0.15, 0.2) is 0 Å². The number of ether oxygens (including phenoxy) is 1. The van der Waals surface area contributed by atoms with E-state index in [-0.39, 0.29) is 17.0 Å². The quantitative estimate of drug-likeness (QED) is 0.595. The molecule has 0 unspecified atom stereocenters. The number of nitrogens with zero attached hydrogens (tertiary/aromatic N) is 1. The first-order chi connectivity index (χ1) is 6.02. The van der Waals surface area contributed by atoms with Gasteiger partial charge in [-0.2, -0.15) is 0 Å². The molecule has 0 aliphatic carbocycles. The Hall–Kier alpha value is -0.570. The Morgan fingerprint density at radius 1 is 1.07 bits per heavy atom. The topological polar surface area (TPSA) is 29.5 Å². The summed E-state index contributed by atoms with van der Waals surface area (Å²) in [5.41, 5.74) is -1.33. The van der Waals surface area contributed by atoms with Crippen LogP contribution in [0.1, 0.15) is 41.5 Å². The van der Waals surface area contributed by atoms with Crippen molar-refractivity contribution in [2.75, 3.05) is 7.05 Å². The third-order valence-electron chi connectivity index (χ3n) is 3.64. The molecule has 82 valence electrons. The molecule has 1 heterocycles. The SMILES string of the molecule is CN1C(=O)C(C)(C)OC(C)(C)C1(C)C. The van der Waals surface area contributed by atoms with Crippen molar-refractivity contribution in [2.24, 2.45) is 0 Å². The van der Waals surface area contributed by atoms with E-state index in [4.69, 9.17) is 4.74 Å². The maximum Gasteiger partial charge on any atom is 0.254 e. The van der Waals surface area contributed by atoms with Crippen molar-refractivity contribution in [3.8, 4) is 0 Å². The average molecular weight is 199 g/mol. The van der Waals surface area contributed by atoms with Gasteiger partial charge in [-0.1, -0.05) is 0 Å². The first-order valence-corrected chi connectivity index (χ1v) is 5.01. The van der Waals surface area contributed by atoms with Gasteiger partial charge in [0.05, 0.1) is 11.1 Å². The molecule has 0 N–H and O–H groups in total. The summed E-state index contributed by atoms with van der Waals surface area (Å²) in [6, 6.07) is 0. The van der Waals surface area contributed by atoms with Crippen LogP contribution < -0.4 is 0 Å². The molecule has 1 amide bonds. The van der Waals surface area contributed by atoms with Gasteiger partial charge < -0.3 is 9.64 Å². The molecule has 0 aromatic heterocycles. The molecule has 0 saturated carbocycles. The summed E-state index contributed by atoms with van der Waals surface area (Å²) in [6.07, 6.45) is 0. The van der Waals surface area contributed by atoms with Crippen molar-refractivity contribution in [3.63, 3.8) is 0 Å². The second-order valence-electron chi connectivity index (χ2n) is 5.55. The fraction of sp³-hybridized carbons (Fsp3) is 0.909. The number of amides is 1. The molecule has 0 bridgehead atoms. The zero-order valence-electron chi connectivity index (χ0n) is 10.3. The molecule has 1 aliphatic rings. The van der Waals surface area contributed by atoms with Gasteiger partial charge >= 0.3 is 0 Å². The van der Waals surface area contributed by atoms with Crippen LogP contribution >= 0.6 is 0 Å². The normalized spacial score (nSPS) is 29.1. The molecule has 1 saturated heterocycles. The molecule has 0 radical (unpaired) electrons. The summed E-state index contributed by atoms with van der Waals surface area (Å²) < 4.78 is 5.87. The highest BCUT2D eigenvalue weighted by molar-refractivity contribution is 5.86. The summed E-state index contributed by atoms with van der Waals surface area (Å²) in [4.78, 5) is 13.7. The van der Waals surface area contributed by atoms with Gasteiger partial charge in [-0.15, -0.1) is 0 Å². The minimum absolute atomic E-state index is 0.0434. The number of likely N-dealkylation sites (N-methyl/N-ethyl adjacent to an activating group) is 1. The van der Waals surface area contributed by atoms with Gasteiger partial charge in [0, 0.05) is 7.05 Å². The monoisotopic (exact) mass is 199 g/mol. The predicted octanol–water partition coefficient (Wildman–Crippen LogP) is 1.81. The summed E-state index contributed by atoms with van der Waals surface area (Å²) in [6.45, 7) is 11.8. The molecule has 3 nitrogen and oxygen atoms in total. The lowest BCUT2D eigenvalue weighted by molar-refractivity contribution is -0.229. The minimum Gasteiger partial charge on any atom is -0.357 e. The zero-order valence-corrected chi connectivity index (χ0v) is 10.3. The average Bonchev–Trinajstić information content (AvgIpc) is 1.97. The Bertz CT molecular complexity index is 266. The van der Waals surface area contributed by atoms with Crippen molar-refractivity contribution in [3.05, 3.63) is 0 Å². The number of hydrogen-bond donors (Lipinski definition) is 0. The van der Waals surface area contributed by atoms with E-state index in [0.29, 0.717) is 0 Å². The summed E-state index contributed by atoms with van der Waals surface area (Å²) >= 11 is 0. The third-order valence-corrected chi connectivity index (χ3v) is 3.64. The molecule has 1 aliphatic heterocycles. The predicted molar refractivity (Wildman–Crippen MR) is 56.1 cm³/mol. The minimum atomic E-state index is -0.715. The number of carbonyl (C=O) groups excluding carboxylic acids is 1. The van der Waals surface area contributed by atoms with E-state index in [9.17, 15) is 4.79 Å². The smallest absolute Gasteiger partial charge is 0.254 e. The van der Waals surface area contributed by atoms with Gasteiger partial charge in [0.2, 0.25) is 0 Å². The van der Waals surface area contributed by atoms with Crippen LogP contribution in [0.5, 0.6) is 0 Å². The summed E-state index contributed by atoms with van der Waals surface area (Å²) in [7, 11) is 1.84. The maximum atomic E-state index is 12.0. The fourth-order valence-corrected chi connectivity index (χ4v) is 1.87. The van der Waals surface area contributed by atoms with Gasteiger partial charge in [0.25, 0.3) is 5.91 Å². The summed E-state index contributed by atoms with van der Waals surface area (Å²) in [5.74, 6) is 0.0434. The molecule has 0 atom stereocenters. The van der Waals surface area contributed by atoms with Gasteiger partial charge in [0.1, 0.15) is 5.60 Å². The number of rotatable bonds is 0. The Kier molecular flexibility index (Phi) is 2.24. The van der Waals surface area contributed by atoms with E-state index < -0.39 is 5.60 Å². The highest BCUT2D eigenvalue weighted by Gasteiger charge is 2.54. The highest BCUT2D eigenvalue weighted by atomic mass is 16.5. The van der Waals surface area contributed by atoms with Gasteiger partial charge in [-0.25, -0.2) is 0 Å². The molecule has 0 aromatic rings. The van der Waals surface area contributed by atoms with Gasteiger partial charge in [-0.3, -0.25) is 4.79 Å². The third kappa shape index (κ3) is 1.34. The van der Waals surface area contributed by atoms with Crippen LogP contribution in [-0.2, 0) is 9.53 Å². The van der Waals surface area contributed by atoms with Crippen LogP contribution in [0.25, 0.3) is 0 Å². The van der Waals surface area contributed by atoms with E-state index >= 15 is 0 Å². The Morgan fingerprint density at radius 3 is 1.93 bits per heavy atom. The standard InChI is InChI=1S/C11H21NO2/c1-9(2)8(13)12(7)10(3,4)11(5,6)14-9/h1-7H3. The van der Waals surface area contributed by atoms with Crippen LogP contribution in [-0.4, -0.2) is 34.6 Å². The molecule has 14 heavy (non-hydrogen) atoms. The fourth-order valence-electron chi connectivity index (χ4n) is 1.87. The lowest BCUT2D eigenvalue weighted by Gasteiger charge is -2.56. The first-order valence-electron chi connectivity index (χ1n) is 5.01. The molecular formula is C11H21NO2. The van der Waals surface area contributed by atoms with Crippen LogP contribution in [0.3, 0.4) is 0 Å². The van der Waals surface area contributed by atoms with E-state index in [0.717, 1.165) is 0 Å². The zero-order chi connectivity index (χ0) is 11.4. The van der Waals surface area contributed by atoms with E-state index in [1.807, 2.05) is 48.6 Å². The largest absolute Gasteiger partial charge is 0.357 e.